The molecule has 2 bridgehead atoms. The molecule has 0 fully saturated rings. The van der Waals surface area contributed by atoms with Crippen molar-refractivity contribution in [2.75, 3.05) is 27.9 Å². The molecule has 108 valence electrons. The predicted molar refractivity (Wildman–Crippen MR) is 88.4 cm³/mol. The highest BCUT2D eigenvalue weighted by Crippen LogP contribution is 2.40. The van der Waals surface area contributed by atoms with Crippen molar-refractivity contribution < 1.29 is 0 Å². The van der Waals surface area contributed by atoms with Gasteiger partial charge in [0.15, 0.2) is 0 Å². The standard InChI is InChI=1S/C17H20N4/c1-10-3-12-7-20-9-21(16(12)5-14(10)18)8-13-4-11(2)15(19)6-17(13)20/h3-6H,7-9,18-19H2,1-2H3. The summed E-state index contributed by atoms with van der Waals surface area (Å²) in [6.45, 7) is 6.88. The van der Waals surface area contributed by atoms with Crippen LogP contribution in [-0.2, 0) is 13.1 Å². The maximum Gasteiger partial charge on any atom is 0.0910 e. The zero-order chi connectivity index (χ0) is 14.7. The van der Waals surface area contributed by atoms with E-state index in [4.69, 9.17) is 11.5 Å². The van der Waals surface area contributed by atoms with Crippen molar-refractivity contribution in [2.24, 2.45) is 0 Å². The predicted octanol–water partition coefficient (Wildman–Crippen LogP) is 2.77. The molecule has 0 aromatic heterocycles. The van der Waals surface area contributed by atoms with E-state index in [2.05, 4.69) is 47.9 Å². The number of anilines is 4. The van der Waals surface area contributed by atoms with E-state index in [1.807, 2.05) is 0 Å². The Morgan fingerprint density at radius 1 is 0.762 bits per heavy atom. The van der Waals surface area contributed by atoms with Gasteiger partial charge < -0.3 is 21.3 Å². The molecule has 21 heavy (non-hydrogen) atoms. The molecular formula is C17H20N4. The highest BCUT2D eigenvalue weighted by Gasteiger charge is 2.30. The first-order chi connectivity index (χ1) is 10.0. The fraction of sp³-hybridized carbons (Fsp3) is 0.294. The van der Waals surface area contributed by atoms with Crippen molar-refractivity contribution in [1.29, 1.82) is 0 Å². The van der Waals surface area contributed by atoms with E-state index in [0.29, 0.717) is 0 Å². The Hall–Kier alpha value is -2.36. The van der Waals surface area contributed by atoms with Gasteiger partial charge in [0.25, 0.3) is 0 Å². The molecule has 4 N–H and O–H groups in total. The van der Waals surface area contributed by atoms with E-state index in [1.54, 1.807) is 0 Å². The summed E-state index contributed by atoms with van der Waals surface area (Å²) in [6, 6.07) is 8.67. The van der Waals surface area contributed by atoms with Crippen LogP contribution in [0, 0.1) is 13.8 Å². The van der Waals surface area contributed by atoms with Crippen LogP contribution in [0.3, 0.4) is 0 Å². The number of hydrogen-bond donors (Lipinski definition) is 2. The van der Waals surface area contributed by atoms with Crippen molar-refractivity contribution in [1.82, 2.24) is 0 Å². The van der Waals surface area contributed by atoms with Crippen molar-refractivity contribution in [2.45, 2.75) is 26.9 Å². The summed E-state index contributed by atoms with van der Waals surface area (Å²) in [6.07, 6.45) is 0. The molecule has 0 atom stereocenters. The van der Waals surface area contributed by atoms with Gasteiger partial charge in [-0.25, -0.2) is 0 Å². The van der Waals surface area contributed by atoms with Crippen LogP contribution in [0.4, 0.5) is 22.7 Å². The minimum atomic E-state index is 0.876. The van der Waals surface area contributed by atoms with Crippen molar-refractivity contribution in [3.05, 3.63) is 46.5 Å². The smallest absolute Gasteiger partial charge is 0.0910 e. The highest BCUT2D eigenvalue weighted by atomic mass is 15.4. The molecule has 0 amide bonds. The van der Waals surface area contributed by atoms with Crippen LogP contribution in [0.5, 0.6) is 0 Å². The molecule has 4 rings (SSSR count). The van der Waals surface area contributed by atoms with Gasteiger partial charge in [0.2, 0.25) is 0 Å². The Labute approximate surface area is 125 Å². The van der Waals surface area contributed by atoms with Crippen LogP contribution in [0.15, 0.2) is 24.3 Å². The quantitative estimate of drug-likeness (QED) is 0.729. The molecule has 0 saturated heterocycles. The van der Waals surface area contributed by atoms with Crippen molar-refractivity contribution in [3.63, 3.8) is 0 Å². The SMILES string of the molecule is Cc1cc2c(cc1N)N1Cc3cc(C)c(N)cc3N(C2)C1. The molecule has 2 aromatic rings. The number of fused-ring (bicyclic) bond motifs is 6. The molecule has 0 aliphatic carbocycles. The molecule has 2 aliphatic rings. The van der Waals surface area contributed by atoms with E-state index in [-0.39, 0.29) is 0 Å². The molecule has 4 nitrogen and oxygen atoms in total. The first kappa shape index (κ1) is 12.4. The van der Waals surface area contributed by atoms with E-state index in [9.17, 15) is 0 Å². The monoisotopic (exact) mass is 280 g/mol. The van der Waals surface area contributed by atoms with Gasteiger partial charge >= 0.3 is 0 Å². The van der Waals surface area contributed by atoms with Crippen LogP contribution in [-0.4, -0.2) is 6.67 Å². The van der Waals surface area contributed by atoms with Gasteiger partial charge in [-0.05, 0) is 48.2 Å². The third-order valence-corrected chi connectivity index (χ3v) is 4.68. The van der Waals surface area contributed by atoms with E-state index in [1.165, 1.54) is 22.5 Å². The first-order valence-corrected chi connectivity index (χ1v) is 7.31. The first-order valence-electron chi connectivity index (χ1n) is 7.31. The summed E-state index contributed by atoms with van der Waals surface area (Å²) in [7, 11) is 0. The zero-order valence-corrected chi connectivity index (χ0v) is 12.5. The summed E-state index contributed by atoms with van der Waals surface area (Å²) in [5.41, 5.74) is 21.5. The number of hydrogen-bond acceptors (Lipinski definition) is 4. The summed E-state index contributed by atoms with van der Waals surface area (Å²) in [4.78, 5) is 4.79. The summed E-state index contributed by atoms with van der Waals surface area (Å²) in [5, 5.41) is 0. The van der Waals surface area contributed by atoms with Crippen LogP contribution in [0.2, 0.25) is 0 Å². The van der Waals surface area contributed by atoms with Gasteiger partial charge in [0, 0.05) is 35.8 Å². The maximum absolute atomic E-state index is 6.10. The minimum absolute atomic E-state index is 0.876. The lowest BCUT2D eigenvalue weighted by atomic mass is 9.98. The Morgan fingerprint density at radius 2 is 1.19 bits per heavy atom. The zero-order valence-electron chi connectivity index (χ0n) is 12.5. The van der Waals surface area contributed by atoms with Gasteiger partial charge in [-0.1, -0.05) is 12.1 Å². The second-order valence-corrected chi connectivity index (χ2v) is 6.21. The minimum Gasteiger partial charge on any atom is -0.398 e. The summed E-state index contributed by atoms with van der Waals surface area (Å²) < 4.78 is 0. The average molecular weight is 280 g/mol. The fourth-order valence-electron chi connectivity index (χ4n) is 3.43. The lowest BCUT2D eigenvalue weighted by molar-refractivity contribution is 0.650. The van der Waals surface area contributed by atoms with Crippen LogP contribution in [0.25, 0.3) is 0 Å². The third kappa shape index (κ3) is 1.75. The van der Waals surface area contributed by atoms with Gasteiger partial charge in [-0.15, -0.1) is 0 Å². The van der Waals surface area contributed by atoms with Gasteiger partial charge in [0.05, 0.1) is 6.67 Å². The van der Waals surface area contributed by atoms with E-state index in [0.717, 1.165) is 42.3 Å². The highest BCUT2D eigenvalue weighted by molar-refractivity contribution is 5.74. The topological polar surface area (TPSA) is 58.5 Å². The number of nitrogens with two attached hydrogens (primary N) is 2. The Bertz CT molecular complexity index is 687. The van der Waals surface area contributed by atoms with Crippen LogP contribution in [0.1, 0.15) is 22.3 Å². The van der Waals surface area contributed by atoms with Gasteiger partial charge in [0.1, 0.15) is 0 Å². The van der Waals surface area contributed by atoms with E-state index < -0.39 is 0 Å². The molecule has 2 heterocycles. The average Bonchev–Trinajstić information content (AvgIpc) is 2.44. The number of benzene rings is 2. The van der Waals surface area contributed by atoms with E-state index >= 15 is 0 Å². The third-order valence-electron chi connectivity index (χ3n) is 4.68. The second-order valence-electron chi connectivity index (χ2n) is 6.21. The normalized spacial score (nSPS) is 15.7. The molecule has 2 aromatic carbocycles. The lowest BCUT2D eigenvalue weighted by Gasteiger charge is -2.45. The second kappa shape index (κ2) is 4.07. The van der Waals surface area contributed by atoms with Gasteiger partial charge in [-0.2, -0.15) is 0 Å². The number of nitrogens with zero attached hydrogens (tertiary/aromatic N) is 2. The number of aryl methyl sites for hydroxylation is 2. The molecule has 2 aliphatic heterocycles. The molecule has 0 spiro atoms. The molecule has 0 unspecified atom stereocenters. The van der Waals surface area contributed by atoms with Crippen LogP contribution < -0.4 is 21.3 Å². The number of nitrogen functional groups attached to an aromatic ring is 2. The van der Waals surface area contributed by atoms with Crippen molar-refractivity contribution >= 4 is 22.7 Å². The van der Waals surface area contributed by atoms with Gasteiger partial charge in [-0.3, -0.25) is 0 Å². The largest absolute Gasteiger partial charge is 0.398 e. The summed E-state index contributed by atoms with van der Waals surface area (Å²) >= 11 is 0. The number of rotatable bonds is 0. The Balaban J connectivity index is 1.84. The molecule has 0 saturated carbocycles. The Kier molecular flexibility index (Phi) is 2.40. The summed E-state index contributed by atoms with van der Waals surface area (Å²) in [5.74, 6) is 0. The fourth-order valence-corrected chi connectivity index (χ4v) is 3.43. The Morgan fingerprint density at radius 3 is 1.62 bits per heavy atom. The molecule has 4 heteroatoms. The maximum atomic E-state index is 6.10. The lowest BCUT2D eigenvalue weighted by Crippen LogP contribution is -2.46. The molecule has 0 radical (unpaired) electrons. The molecular weight excluding hydrogens is 260 g/mol. The van der Waals surface area contributed by atoms with Crippen molar-refractivity contribution in [3.8, 4) is 0 Å². The van der Waals surface area contributed by atoms with Crippen LogP contribution >= 0.6 is 0 Å².